The molecule has 0 aliphatic rings. The molecule has 33 heavy (non-hydrogen) atoms. The van der Waals surface area contributed by atoms with Crippen LogP contribution in [-0.4, -0.2) is 46.7 Å². The van der Waals surface area contributed by atoms with Crippen LogP contribution in [0.25, 0.3) is 5.69 Å². The van der Waals surface area contributed by atoms with Gasteiger partial charge in [-0.1, -0.05) is 32.0 Å². The summed E-state index contributed by atoms with van der Waals surface area (Å²) in [6.07, 6.45) is 1.54. The van der Waals surface area contributed by atoms with Crippen molar-refractivity contribution in [2.75, 3.05) is 18.5 Å². The fraction of sp³-hybridized carbons (Fsp3) is 0.273. The number of benzene rings is 2. The van der Waals surface area contributed by atoms with Crippen LogP contribution >= 0.6 is 0 Å². The zero-order valence-corrected chi connectivity index (χ0v) is 19.7. The summed E-state index contributed by atoms with van der Waals surface area (Å²) in [7, 11) is -3.82. The number of rotatable bonds is 9. The summed E-state index contributed by atoms with van der Waals surface area (Å²) in [5, 5.41) is 20.3. The second-order valence-corrected chi connectivity index (χ2v) is 9.17. The average molecular weight is 471 g/mol. The lowest BCUT2D eigenvalue weighted by molar-refractivity contribution is -0.384. The predicted molar refractivity (Wildman–Crippen MR) is 127 cm³/mol. The van der Waals surface area contributed by atoms with Gasteiger partial charge in [0.15, 0.2) is 0 Å². The number of hydrazone groups is 1. The Morgan fingerprint density at radius 1 is 1.15 bits per heavy atom. The first kappa shape index (κ1) is 24.1. The Morgan fingerprint density at radius 2 is 1.82 bits per heavy atom. The highest BCUT2D eigenvalue weighted by atomic mass is 32.2. The molecule has 0 spiro atoms. The monoisotopic (exact) mass is 470 g/mol. The highest BCUT2D eigenvalue weighted by Gasteiger charge is 2.25. The van der Waals surface area contributed by atoms with E-state index in [4.69, 9.17) is 0 Å². The minimum atomic E-state index is -3.82. The van der Waals surface area contributed by atoms with Gasteiger partial charge in [-0.15, -0.1) is 0 Å². The first-order valence-corrected chi connectivity index (χ1v) is 11.8. The van der Waals surface area contributed by atoms with Crippen molar-refractivity contribution in [2.24, 2.45) is 5.10 Å². The summed E-state index contributed by atoms with van der Waals surface area (Å²) in [4.78, 5) is 10.8. The fourth-order valence-corrected chi connectivity index (χ4v) is 4.94. The van der Waals surface area contributed by atoms with E-state index in [1.165, 1.54) is 16.4 Å². The molecule has 2 aromatic carbocycles. The molecule has 1 aromatic heterocycles. The van der Waals surface area contributed by atoms with Gasteiger partial charge in [0.05, 0.1) is 33.1 Å². The van der Waals surface area contributed by atoms with Crippen molar-refractivity contribution in [3.63, 3.8) is 0 Å². The lowest BCUT2D eigenvalue weighted by Gasteiger charge is -2.18. The number of anilines is 1. The Balaban J connectivity index is 1.89. The molecule has 0 aliphatic carbocycles. The zero-order valence-electron chi connectivity index (χ0n) is 18.9. The van der Waals surface area contributed by atoms with Gasteiger partial charge in [-0.3, -0.25) is 15.5 Å². The van der Waals surface area contributed by atoms with Crippen LogP contribution < -0.4 is 5.43 Å². The third-order valence-corrected chi connectivity index (χ3v) is 7.28. The number of nitrogens with zero attached hydrogens (tertiary/aromatic N) is 5. The van der Waals surface area contributed by atoms with Crippen LogP contribution in [0.2, 0.25) is 0 Å². The normalized spacial score (nSPS) is 11.9. The molecule has 1 N–H and O–H groups in total. The molecule has 0 unspecified atom stereocenters. The second kappa shape index (κ2) is 9.92. The molecule has 3 rings (SSSR count). The number of para-hydroxylation sites is 1. The van der Waals surface area contributed by atoms with Crippen LogP contribution in [0.5, 0.6) is 0 Å². The summed E-state index contributed by atoms with van der Waals surface area (Å²) < 4.78 is 28.5. The van der Waals surface area contributed by atoms with E-state index in [1.807, 2.05) is 44.2 Å². The topological polar surface area (TPSA) is 123 Å². The standard InChI is InChI=1S/C22H26N6O4S/c1-5-26(6-2)33(31,32)19-12-13-21(22(14-19)28(29)30)24-23-15-20-16(3)25-27(17(20)4)18-10-8-7-9-11-18/h7-15,24H,5-6H2,1-4H3/b23-15+. The van der Waals surface area contributed by atoms with Crippen LogP contribution in [0.4, 0.5) is 11.4 Å². The number of nitrogens with one attached hydrogen (secondary N) is 1. The van der Waals surface area contributed by atoms with Crippen molar-refractivity contribution in [3.05, 3.63) is 75.6 Å². The predicted octanol–water partition coefficient (Wildman–Crippen LogP) is 3.87. The smallest absolute Gasteiger partial charge is 0.272 e. The number of aryl methyl sites for hydroxylation is 1. The van der Waals surface area contributed by atoms with Crippen molar-refractivity contribution in [1.82, 2.24) is 14.1 Å². The van der Waals surface area contributed by atoms with Crippen LogP contribution in [-0.2, 0) is 10.0 Å². The quantitative estimate of drug-likeness (QED) is 0.288. The third kappa shape index (κ3) is 4.94. The van der Waals surface area contributed by atoms with Crippen LogP contribution in [0.3, 0.4) is 0 Å². The summed E-state index contributed by atoms with van der Waals surface area (Å²) in [6.45, 7) is 7.72. The summed E-state index contributed by atoms with van der Waals surface area (Å²) >= 11 is 0. The van der Waals surface area contributed by atoms with Gasteiger partial charge < -0.3 is 0 Å². The third-order valence-electron chi connectivity index (χ3n) is 5.24. The molecule has 10 nitrogen and oxygen atoms in total. The Morgan fingerprint density at radius 3 is 2.42 bits per heavy atom. The Labute approximate surface area is 192 Å². The van der Waals surface area contributed by atoms with Crippen molar-refractivity contribution < 1.29 is 13.3 Å². The minimum Gasteiger partial charge on any atom is -0.272 e. The fourth-order valence-electron chi connectivity index (χ4n) is 3.46. The van der Waals surface area contributed by atoms with E-state index < -0.39 is 14.9 Å². The molecule has 0 saturated heterocycles. The van der Waals surface area contributed by atoms with Gasteiger partial charge in [0.1, 0.15) is 5.69 Å². The SMILES string of the molecule is CCN(CC)S(=O)(=O)c1ccc(N/N=C/c2c(C)nn(-c3ccccc3)c2C)c([N+](=O)[O-])c1. The Bertz CT molecular complexity index is 1280. The molecular formula is C22H26N6O4S. The van der Waals surface area contributed by atoms with Gasteiger partial charge in [-0.05, 0) is 38.1 Å². The number of sulfonamides is 1. The van der Waals surface area contributed by atoms with Gasteiger partial charge in [-0.2, -0.15) is 14.5 Å². The molecule has 0 atom stereocenters. The van der Waals surface area contributed by atoms with Crippen LogP contribution in [0.1, 0.15) is 30.8 Å². The number of nitro benzene ring substituents is 1. The minimum absolute atomic E-state index is 0.0838. The maximum absolute atomic E-state index is 12.7. The maximum atomic E-state index is 12.7. The lowest BCUT2D eigenvalue weighted by Crippen LogP contribution is -2.30. The largest absolute Gasteiger partial charge is 0.295 e. The van der Waals surface area contributed by atoms with Gasteiger partial charge in [0.25, 0.3) is 5.69 Å². The number of hydrogen-bond donors (Lipinski definition) is 1. The molecule has 174 valence electrons. The Kier molecular flexibility index (Phi) is 7.24. The maximum Gasteiger partial charge on any atom is 0.295 e. The van der Waals surface area contributed by atoms with Crippen molar-refractivity contribution >= 4 is 27.6 Å². The molecular weight excluding hydrogens is 444 g/mol. The van der Waals surface area contributed by atoms with Crippen molar-refractivity contribution in [3.8, 4) is 5.69 Å². The average Bonchev–Trinajstić information content (AvgIpc) is 3.08. The van der Waals surface area contributed by atoms with Crippen LogP contribution in [0, 0.1) is 24.0 Å². The molecule has 0 aliphatic heterocycles. The van der Waals surface area contributed by atoms with E-state index in [0.717, 1.165) is 28.7 Å². The molecule has 0 saturated carbocycles. The van der Waals surface area contributed by atoms with Gasteiger partial charge in [0.2, 0.25) is 10.0 Å². The molecule has 11 heteroatoms. The number of nitro groups is 1. The highest BCUT2D eigenvalue weighted by molar-refractivity contribution is 7.89. The van der Waals surface area contributed by atoms with E-state index in [-0.39, 0.29) is 29.4 Å². The second-order valence-electron chi connectivity index (χ2n) is 7.23. The number of aromatic nitrogens is 2. The molecule has 0 radical (unpaired) electrons. The van der Waals surface area contributed by atoms with Crippen molar-refractivity contribution in [1.29, 1.82) is 0 Å². The molecule has 1 heterocycles. The van der Waals surface area contributed by atoms with E-state index in [1.54, 1.807) is 24.7 Å². The van der Waals surface area contributed by atoms with E-state index in [9.17, 15) is 18.5 Å². The van der Waals surface area contributed by atoms with E-state index in [2.05, 4.69) is 15.6 Å². The van der Waals surface area contributed by atoms with E-state index >= 15 is 0 Å². The number of hydrogen-bond acceptors (Lipinski definition) is 7. The van der Waals surface area contributed by atoms with Gasteiger partial charge >= 0.3 is 0 Å². The van der Waals surface area contributed by atoms with Crippen molar-refractivity contribution in [2.45, 2.75) is 32.6 Å². The molecule has 0 fully saturated rings. The molecule has 0 bridgehead atoms. The Hall–Kier alpha value is -3.57. The van der Waals surface area contributed by atoms with Gasteiger partial charge in [-0.25, -0.2) is 13.1 Å². The molecule has 3 aromatic rings. The zero-order chi connectivity index (χ0) is 24.2. The van der Waals surface area contributed by atoms with Gasteiger partial charge in [0, 0.05) is 24.7 Å². The summed E-state index contributed by atoms with van der Waals surface area (Å²) in [6, 6.07) is 13.4. The molecule has 0 amide bonds. The van der Waals surface area contributed by atoms with E-state index in [0.29, 0.717) is 0 Å². The van der Waals surface area contributed by atoms with Crippen LogP contribution in [0.15, 0.2) is 58.5 Å². The summed E-state index contributed by atoms with van der Waals surface area (Å²) in [5.74, 6) is 0. The lowest BCUT2D eigenvalue weighted by atomic mass is 10.2. The highest BCUT2D eigenvalue weighted by Crippen LogP contribution is 2.29. The first-order chi connectivity index (χ1) is 15.7. The first-order valence-electron chi connectivity index (χ1n) is 10.4. The summed E-state index contributed by atoms with van der Waals surface area (Å²) in [5.41, 5.74) is 5.66.